The summed E-state index contributed by atoms with van der Waals surface area (Å²) in [5, 5.41) is 8.84. The number of hydrogen-bond acceptors (Lipinski definition) is 5. The monoisotopic (exact) mass is 389 g/mol. The third-order valence-electron chi connectivity index (χ3n) is 6.11. The van der Waals surface area contributed by atoms with Gasteiger partial charge in [0.2, 0.25) is 5.91 Å². The predicted octanol–water partition coefficient (Wildman–Crippen LogP) is 1.53. The van der Waals surface area contributed by atoms with Gasteiger partial charge in [-0.25, -0.2) is 5.01 Å². The Morgan fingerprint density at radius 2 is 2.14 bits per heavy atom. The number of carbonyl (C=O) groups excluding carboxylic acids is 2. The molecular formula is C22H23N5O2. The molecule has 3 unspecified atom stereocenters. The van der Waals surface area contributed by atoms with Crippen LogP contribution >= 0.6 is 0 Å². The molecule has 2 heterocycles. The summed E-state index contributed by atoms with van der Waals surface area (Å²) < 4.78 is 0. The molecule has 5 rings (SSSR count). The summed E-state index contributed by atoms with van der Waals surface area (Å²) in [7, 11) is 0. The molecule has 1 aromatic rings. The van der Waals surface area contributed by atoms with E-state index in [1.54, 1.807) is 12.3 Å². The highest BCUT2D eigenvalue weighted by molar-refractivity contribution is 6.00. The molecule has 29 heavy (non-hydrogen) atoms. The van der Waals surface area contributed by atoms with Crippen LogP contribution in [0.5, 0.6) is 0 Å². The molecule has 0 fully saturated rings. The number of allylic oxidation sites excluding steroid dienone is 3. The maximum absolute atomic E-state index is 13.0. The zero-order chi connectivity index (χ0) is 20.0. The van der Waals surface area contributed by atoms with E-state index in [4.69, 9.17) is 5.73 Å². The second-order valence-electron chi connectivity index (χ2n) is 7.94. The standard InChI is InChI=1S/C22H23N5O2/c23-20(28)18-12-25-27-19(8-9-24-21(18)27)22(29)26-15-10-14-6-3-7-16(17(14)11-15)13-4-1-2-5-13/h3-4,6-9,12,15,18,21H,1-2,5,10-11H2,(H2,23,28)(H,26,29). The highest BCUT2D eigenvalue weighted by Gasteiger charge is 2.39. The van der Waals surface area contributed by atoms with E-state index in [9.17, 15) is 9.59 Å². The fourth-order valence-electron chi connectivity index (χ4n) is 4.71. The quantitative estimate of drug-likeness (QED) is 0.817. The van der Waals surface area contributed by atoms with Gasteiger partial charge in [-0.3, -0.25) is 14.6 Å². The molecule has 0 saturated heterocycles. The summed E-state index contributed by atoms with van der Waals surface area (Å²) in [6.45, 7) is 0. The Morgan fingerprint density at radius 3 is 2.93 bits per heavy atom. The normalized spacial score (nSPS) is 26.8. The number of nitrogens with zero attached hydrogens (tertiary/aromatic N) is 3. The van der Waals surface area contributed by atoms with E-state index >= 15 is 0 Å². The van der Waals surface area contributed by atoms with Crippen molar-refractivity contribution < 1.29 is 9.59 Å². The minimum absolute atomic E-state index is 0.0392. The lowest BCUT2D eigenvalue weighted by molar-refractivity contribution is -0.123. The Bertz CT molecular complexity index is 1010. The van der Waals surface area contributed by atoms with Crippen LogP contribution in [0, 0.1) is 5.92 Å². The largest absolute Gasteiger partial charge is 0.369 e. The van der Waals surface area contributed by atoms with Crippen LogP contribution in [0.2, 0.25) is 0 Å². The number of carbonyl (C=O) groups is 2. The minimum atomic E-state index is -0.624. The van der Waals surface area contributed by atoms with Crippen LogP contribution in [-0.2, 0) is 22.4 Å². The fraction of sp³-hybridized carbons (Fsp3) is 0.364. The number of primary amides is 1. The number of rotatable bonds is 4. The van der Waals surface area contributed by atoms with Crippen molar-refractivity contribution in [2.24, 2.45) is 21.7 Å². The molecule has 0 bridgehead atoms. The molecule has 0 radical (unpaired) electrons. The minimum Gasteiger partial charge on any atom is -0.369 e. The first-order valence-corrected chi connectivity index (χ1v) is 10.1. The van der Waals surface area contributed by atoms with Crippen molar-refractivity contribution in [1.82, 2.24) is 10.3 Å². The summed E-state index contributed by atoms with van der Waals surface area (Å²) in [5.41, 5.74) is 11.3. The predicted molar refractivity (Wildman–Crippen MR) is 111 cm³/mol. The molecule has 2 aliphatic carbocycles. The SMILES string of the molecule is NC(=O)C1C=NN2C(C(=O)NC3Cc4cccc(C5=CCCC5)c4C3)=CC=NC12. The van der Waals surface area contributed by atoms with Crippen LogP contribution in [0.25, 0.3) is 5.57 Å². The molecule has 2 amide bonds. The van der Waals surface area contributed by atoms with Gasteiger partial charge in [0.1, 0.15) is 11.6 Å². The van der Waals surface area contributed by atoms with Crippen LogP contribution in [0.3, 0.4) is 0 Å². The summed E-state index contributed by atoms with van der Waals surface area (Å²) in [6, 6.07) is 6.52. The van der Waals surface area contributed by atoms with E-state index in [1.807, 2.05) is 0 Å². The maximum Gasteiger partial charge on any atom is 0.269 e. The van der Waals surface area contributed by atoms with Crippen LogP contribution < -0.4 is 11.1 Å². The lowest BCUT2D eigenvalue weighted by Gasteiger charge is -2.27. The number of hydrogen-bond donors (Lipinski definition) is 2. The van der Waals surface area contributed by atoms with Crippen molar-refractivity contribution in [3.8, 4) is 0 Å². The Balaban J connectivity index is 1.30. The number of benzene rings is 1. The third kappa shape index (κ3) is 3.06. The molecule has 4 aliphatic rings. The lowest BCUT2D eigenvalue weighted by Crippen LogP contribution is -2.45. The fourth-order valence-corrected chi connectivity index (χ4v) is 4.71. The topological polar surface area (TPSA) is 100 Å². The highest BCUT2D eigenvalue weighted by atomic mass is 16.2. The van der Waals surface area contributed by atoms with E-state index in [1.165, 1.54) is 39.9 Å². The average molecular weight is 389 g/mol. The molecule has 0 aromatic heterocycles. The third-order valence-corrected chi connectivity index (χ3v) is 6.11. The second-order valence-corrected chi connectivity index (χ2v) is 7.94. The van der Waals surface area contributed by atoms with Gasteiger partial charge in [-0.2, -0.15) is 5.10 Å². The first kappa shape index (κ1) is 17.8. The number of hydrazone groups is 1. The van der Waals surface area contributed by atoms with E-state index in [2.05, 4.69) is 39.7 Å². The second kappa shape index (κ2) is 6.99. The van der Waals surface area contributed by atoms with Gasteiger partial charge in [0.15, 0.2) is 6.17 Å². The molecule has 7 nitrogen and oxygen atoms in total. The van der Waals surface area contributed by atoms with E-state index in [0.717, 1.165) is 25.7 Å². The van der Waals surface area contributed by atoms with E-state index < -0.39 is 18.0 Å². The smallest absolute Gasteiger partial charge is 0.269 e. The molecule has 3 N–H and O–H groups in total. The van der Waals surface area contributed by atoms with Gasteiger partial charge in [0.05, 0.1) is 0 Å². The molecule has 0 spiro atoms. The number of nitrogens with one attached hydrogen (secondary N) is 1. The van der Waals surface area contributed by atoms with Gasteiger partial charge >= 0.3 is 0 Å². The summed E-state index contributed by atoms with van der Waals surface area (Å²) >= 11 is 0. The molecule has 3 atom stereocenters. The molecular weight excluding hydrogens is 366 g/mol. The zero-order valence-corrected chi connectivity index (χ0v) is 16.0. The van der Waals surface area contributed by atoms with Crippen molar-refractivity contribution in [1.29, 1.82) is 0 Å². The number of fused-ring (bicyclic) bond motifs is 2. The Labute approximate surface area is 169 Å². The Hall–Kier alpha value is -3.22. The first-order chi connectivity index (χ1) is 14.1. The number of aliphatic imine (C=N–C) groups is 1. The average Bonchev–Trinajstić information content (AvgIpc) is 3.45. The molecule has 148 valence electrons. The number of nitrogens with two attached hydrogens (primary N) is 1. The van der Waals surface area contributed by atoms with Crippen LogP contribution in [0.4, 0.5) is 0 Å². The Kier molecular flexibility index (Phi) is 4.30. The van der Waals surface area contributed by atoms with Gasteiger partial charge < -0.3 is 11.1 Å². The number of amides is 2. The first-order valence-electron chi connectivity index (χ1n) is 10.1. The maximum atomic E-state index is 13.0. The molecule has 0 saturated carbocycles. The van der Waals surface area contributed by atoms with Gasteiger partial charge in [-0.15, -0.1) is 0 Å². The molecule has 1 aromatic carbocycles. The van der Waals surface area contributed by atoms with Gasteiger partial charge in [0.25, 0.3) is 5.91 Å². The van der Waals surface area contributed by atoms with Crippen molar-refractivity contribution >= 4 is 29.8 Å². The Morgan fingerprint density at radius 1 is 1.24 bits per heavy atom. The zero-order valence-electron chi connectivity index (χ0n) is 16.0. The summed E-state index contributed by atoms with van der Waals surface area (Å²) in [5.74, 6) is -1.33. The van der Waals surface area contributed by atoms with Crippen molar-refractivity contribution in [2.75, 3.05) is 0 Å². The molecule has 7 heteroatoms. The van der Waals surface area contributed by atoms with Crippen molar-refractivity contribution in [3.63, 3.8) is 0 Å². The van der Waals surface area contributed by atoms with Crippen molar-refractivity contribution in [3.05, 3.63) is 52.7 Å². The van der Waals surface area contributed by atoms with Crippen LogP contribution in [0.1, 0.15) is 36.0 Å². The van der Waals surface area contributed by atoms with Crippen LogP contribution in [-0.4, -0.2) is 41.5 Å². The highest BCUT2D eigenvalue weighted by Crippen LogP contribution is 2.35. The van der Waals surface area contributed by atoms with Gasteiger partial charge in [-0.05, 0) is 60.4 Å². The summed E-state index contributed by atoms with van der Waals surface area (Å²) in [6.07, 6.45) is 11.6. The van der Waals surface area contributed by atoms with E-state index in [-0.39, 0.29) is 11.9 Å². The lowest BCUT2D eigenvalue weighted by atomic mass is 9.96. The van der Waals surface area contributed by atoms with Crippen LogP contribution in [0.15, 0.2) is 46.1 Å². The van der Waals surface area contributed by atoms with Gasteiger partial charge in [0, 0.05) is 18.5 Å². The van der Waals surface area contributed by atoms with E-state index in [0.29, 0.717) is 5.70 Å². The summed E-state index contributed by atoms with van der Waals surface area (Å²) in [4.78, 5) is 28.8. The van der Waals surface area contributed by atoms with Crippen molar-refractivity contribution in [2.45, 2.75) is 44.3 Å². The van der Waals surface area contributed by atoms with Gasteiger partial charge in [-0.1, -0.05) is 24.3 Å². The molecule has 2 aliphatic heterocycles.